The fourth-order valence-electron chi connectivity index (χ4n) is 2.02. The molecule has 0 aliphatic carbocycles. The van der Waals surface area contributed by atoms with Crippen molar-refractivity contribution in [2.24, 2.45) is 5.92 Å². The predicted molar refractivity (Wildman–Crippen MR) is 82.4 cm³/mol. The Labute approximate surface area is 124 Å². The van der Waals surface area contributed by atoms with Crippen LogP contribution in [0, 0.1) is 5.92 Å². The van der Waals surface area contributed by atoms with Crippen molar-refractivity contribution in [1.82, 2.24) is 9.97 Å². The van der Waals surface area contributed by atoms with E-state index in [1.165, 1.54) is 0 Å². The lowest BCUT2D eigenvalue weighted by atomic mass is 9.94. The van der Waals surface area contributed by atoms with Crippen LogP contribution in [0.4, 0.5) is 5.82 Å². The summed E-state index contributed by atoms with van der Waals surface area (Å²) in [5, 5.41) is 13.5. The molecule has 0 aliphatic rings. The maximum Gasteiger partial charge on any atom is 0.134 e. The molecule has 0 saturated heterocycles. The molecule has 1 heterocycles. The van der Waals surface area contributed by atoms with Crippen molar-refractivity contribution in [2.45, 2.75) is 52.6 Å². The first-order valence-corrected chi connectivity index (χ1v) is 7.49. The van der Waals surface area contributed by atoms with E-state index in [0.717, 1.165) is 22.7 Å². The summed E-state index contributed by atoms with van der Waals surface area (Å²) in [5.74, 6) is 2.27. The van der Waals surface area contributed by atoms with E-state index in [0.29, 0.717) is 12.5 Å². The van der Waals surface area contributed by atoms with Crippen LogP contribution in [0.5, 0.6) is 0 Å². The molecule has 0 spiro atoms. The second kappa shape index (κ2) is 6.66. The Morgan fingerprint density at radius 2 is 1.95 bits per heavy atom. The van der Waals surface area contributed by atoms with Crippen LogP contribution in [0.2, 0.25) is 0 Å². The third-order valence-corrected chi connectivity index (χ3v) is 3.13. The summed E-state index contributed by atoms with van der Waals surface area (Å²) in [6.45, 7) is 10.6. The van der Waals surface area contributed by atoms with Crippen LogP contribution >= 0.6 is 15.9 Å². The summed E-state index contributed by atoms with van der Waals surface area (Å²) in [6.07, 6.45) is 0.753. The summed E-state index contributed by atoms with van der Waals surface area (Å²) in [7, 11) is 0. The second-order valence-electron chi connectivity index (χ2n) is 6.04. The molecule has 5 heteroatoms. The number of halogens is 1. The molecule has 0 saturated carbocycles. The zero-order valence-electron chi connectivity index (χ0n) is 12.4. The molecule has 4 nitrogen and oxygen atoms in total. The fourth-order valence-corrected chi connectivity index (χ4v) is 2.42. The van der Waals surface area contributed by atoms with Crippen molar-refractivity contribution in [1.29, 1.82) is 0 Å². The largest absolute Gasteiger partial charge is 0.388 e. The van der Waals surface area contributed by atoms with E-state index in [-0.39, 0.29) is 5.92 Å². The maximum absolute atomic E-state index is 10.3. The first kappa shape index (κ1) is 16.4. The van der Waals surface area contributed by atoms with Gasteiger partial charge in [0.1, 0.15) is 16.2 Å². The van der Waals surface area contributed by atoms with Crippen molar-refractivity contribution in [2.75, 3.05) is 11.9 Å². The third kappa shape index (κ3) is 5.87. The molecule has 0 bridgehead atoms. The minimum Gasteiger partial charge on any atom is -0.388 e. The SMILES string of the molecule is CC(C)CC(C)(O)CNc1cc(Br)nc(C(C)C)n1. The van der Waals surface area contributed by atoms with Gasteiger partial charge < -0.3 is 10.4 Å². The topological polar surface area (TPSA) is 58.0 Å². The van der Waals surface area contributed by atoms with Gasteiger partial charge in [0.2, 0.25) is 0 Å². The Bertz CT molecular complexity index is 419. The number of aromatic nitrogens is 2. The summed E-state index contributed by atoms with van der Waals surface area (Å²) >= 11 is 3.39. The Morgan fingerprint density at radius 1 is 1.32 bits per heavy atom. The minimum atomic E-state index is -0.733. The van der Waals surface area contributed by atoms with Gasteiger partial charge >= 0.3 is 0 Å². The predicted octanol–water partition coefficient (Wildman–Crippen LogP) is 3.57. The van der Waals surface area contributed by atoms with Gasteiger partial charge in [0.25, 0.3) is 0 Å². The molecule has 0 aliphatic heterocycles. The molecule has 1 rings (SSSR count). The van der Waals surface area contributed by atoms with Crippen molar-refractivity contribution >= 4 is 21.7 Å². The molecule has 19 heavy (non-hydrogen) atoms. The average molecular weight is 330 g/mol. The van der Waals surface area contributed by atoms with Crippen LogP contribution < -0.4 is 5.32 Å². The molecule has 2 N–H and O–H groups in total. The normalized spacial score (nSPS) is 14.8. The lowest BCUT2D eigenvalue weighted by Crippen LogP contribution is -2.35. The Morgan fingerprint density at radius 3 is 2.47 bits per heavy atom. The van der Waals surface area contributed by atoms with Gasteiger partial charge in [-0.1, -0.05) is 27.7 Å². The highest BCUT2D eigenvalue weighted by atomic mass is 79.9. The first-order valence-electron chi connectivity index (χ1n) is 6.70. The molecule has 0 amide bonds. The van der Waals surface area contributed by atoms with Crippen LogP contribution in [0.25, 0.3) is 0 Å². The van der Waals surface area contributed by atoms with Crippen LogP contribution in [-0.4, -0.2) is 27.2 Å². The zero-order valence-corrected chi connectivity index (χ0v) is 14.0. The molecular formula is C14H24BrN3O. The molecule has 1 atom stereocenters. The van der Waals surface area contributed by atoms with E-state index in [1.54, 1.807) is 0 Å². The van der Waals surface area contributed by atoms with Crippen LogP contribution in [0.1, 0.15) is 52.8 Å². The molecule has 0 aromatic carbocycles. The highest BCUT2D eigenvalue weighted by molar-refractivity contribution is 9.10. The molecule has 0 fully saturated rings. The van der Waals surface area contributed by atoms with Gasteiger partial charge in [-0.25, -0.2) is 9.97 Å². The van der Waals surface area contributed by atoms with Gasteiger partial charge in [-0.3, -0.25) is 0 Å². The van der Waals surface area contributed by atoms with Crippen molar-refractivity contribution in [3.8, 4) is 0 Å². The van der Waals surface area contributed by atoms with Gasteiger partial charge in [0.05, 0.1) is 5.60 Å². The van der Waals surface area contributed by atoms with E-state index in [4.69, 9.17) is 0 Å². The summed E-state index contributed by atoms with van der Waals surface area (Å²) in [5.41, 5.74) is -0.733. The fraction of sp³-hybridized carbons (Fsp3) is 0.714. The Balaban J connectivity index is 2.72. The van der Waals surface area contributed by atoms with E-state index >= 15 is 0 Å². The van der Waals surface area contributed by atoms with Gasteiger partial charge in [0, 0.05) is 18.5 Å². The highest BCUT2D eigenvalue weighted by Crippen LogP contribution is 2.20. The van der Waals surface area contributed by atoms with Crippen LogP contribution in [0.15, 0.2) is 10.7 Å². The Hall–Kier alpha value is -0.680. The third-order valence-electron chi connectivity index (χ3n) is 2.73. The van der Waals surface area contributed by atoms with Crippen molar-refractivity contribution < 1.29 is 5.11 Å². The number of rotatable bonds is 6. The summed E-state index contributed by atoms with van der Waals surface area (Å²) in [4.78, 5) is 8.78. The monoisotopic (exact) mass is 329 g/mol. The van der Waals surface area contributed by atoms with E-state index in [1.807, 2.05) is 13.0 Å². The van der Waals surface area contributed by atoms with Gasteiger partial charge in [-0.05, 0) is 35.2 Å². The van der Waals surface area contributed by atoms with Crippen LogP contribution in [0.3, 0.4) is 0 Å². The smallest absolute Gasteiger partial charge is 0.134 e. The lowest BCUT2D eigenvalue weighted by Gasteiger charge is -2.26. The molecular weight excluding hydrogens is 306 g/mol. The Kier molecular flexibility index (Phi) is 5.74. The molecule has 1 aromatic rings. The maximum atomic E-state index is 10.3. The van der Waals surface area contributed by atoms with Crippen molar-refractivity contribution in [3.05, 3.63) is 16.5 Å². The zero-order chi connectivity index (χ0) is 14.6. The number of nitrogens with one attached hydrogen (secondary N) is 1. The van der Waals surface area contributed by atoms with Gasteiger partial charge in [-0.15, -0.1) is 0 Å². The van der Waals surface area contributed by atoms with Gasteiger partial charge in [-0.2, -0.15) is 0 Å². The number of anilines is 1. The number of aliphatic hydroxyl groups is 1. The molecule has 108 valence electrons. The minimum absolute atomic E-state index is 0.272. The van der Waals surface area contributed by atoms with Gasteiger partial charge in [0.15, 0.2) is 0 Å². The number of hydrogen-bond donors (Lipinski definition) is 2. The summed E-state index contributed by atoms with van der Waals surface area (Å²) < 4.78 is 0.761. The van der Waals surface area contributed by atoms with E-state index < -0.39 is 5.60 Å². The average Bonchev–Trinajstić information content (AvgIpc) is 2.24. The summed E-state index contributed by atoms with van der Waals surface area (Å²) in [6, 6.07) is 1.83. The lowest BCUT2D eigenvalue weighted by molar-refractivity contribution is 0.0514. The second-order valence-corrected chi connectivity index (χ2v) is 6.85. The quantitative estimate of drug-likeness (QED) is 0.783. The van der Waals surface area contributed by atoms with E-state index in [2.05, 4.69) is 58.9 Å². The van der Waals surface area contributed by atoms with Crippen LogP contribution in [-0.2, 0) is 0 Å². The standard InChI is InChI=1S/C14H24BrN3O/c1-9(2)7-14(5,19)8-16-12-6-11(15)17-13(18-12)10(3)4/h6,9-10,19H,7-8H2,1-5H3,(H,16,17,18). The number of nitrogens with zero attached hydrogens (tertiary/aromatic N) is 2. The molecule has 0 radical (unpaired) electrons. The van der Waals surface area contributed by atoms with E-state index in [9.17, 15) is 5.11 Å². The number of hydrogen-bond acceptors (Lipinski definition) is 4. The molecule has 1 unspecified atom stereocenters. The first-order chi connectivity index (χ1) is 8.69. The van der Waals surface area contributed by atoms with Crippen molar-refractivity contribution in [3.63, 3.8) is 0 Å². The molecule has 1 aromatic heterocycles. The highest BCUT2D eigenvalue weighted by Gasteiger charge is 2.21.